The fraction of sp³-hybridized carbons (Fsp3) is 0.500. The second-order valence-corrected chi connectivity index (χ2v) is 3.34. The first-order valence-corrected chi connectivity index (χ1v) is 4.55. The third kappa shape index (κ3) is 1.45. The Bertz CT molecular complexity index is 268. The summed E-state index contributed by atoms with van der Waals surface area (Å²) in [4.78, 5) is 4.34. The van der Waals surface area contributed by atoms with E-state index >= 15 is 0 Å². The van der Waals surface area contributed by atoms with Gasteiger partial charge in [0, 0.05) is 19.9 Å². The van der Waals surface area contributed by atoms with Crippen molar-refractivity contribution in [2.45, 2.75) is 12.0 Å². The Balaban J connectivity index is 2.31. The molecule has 1 aliphatic rings. The zero-order valence-corrected chi connectivity index (χ0v) is 7.79. The number of hydrogen-bond donors (Lipinski definition) is 1. The smallest absolute Gasteiger partial charge is 0.123 e. The minimum Gasteiger partial charge on any atom is -0.371 e. The van der Waals surface area contributed by atoms with E-state index in [2.05, 4.69) is 10.3 Å². The summed E-state index contributed by atoms with van der Waals surface area (Å²) in [5.74, 6) is 0. The van der Waals surface area contributed by atoms with Crippen LogP contribution in [-0.4, -0.2) is 25.2 Å². The quantitative estimate of drug-likeness (QED) is 0.731. The summed E-state index contributed by atoms with van der Waals surface area (Å²) >= 11 is 0. The highest BCUT2D eigenvalue weighted by Gasteiger charge is 2.36. The molecule has 0 amide bonds. The molecule has 1 N–H and O–H groups in total. The molecular weight excluding hydrogens is 164 g/mol. The normalized spacial score (nSPS) is 27.8. The highest BCUT2D eigenvalue weighted by molar-refractivity contribution is 5.16. The maximum atomic E-state index is 5.56. The van der Waals surface area contributed by atoms with Crippen LogP contribution < -0.4 is 5.32 Å². The van der Waals surface area contributed by atoms with Gasteiger partial charge in [0.15, 0.2) is 0 Å². The highest BCUT2D eigenvalue weighted by atomic mass is 16.5. The van der Waals surface area contributed by atoms with Gasteiger partial charge in [-0.1, -0.05) is 6.07 Å². The van der Waals surface area contributed by atoms with Crippen LogP contribution in [0.2, 0.25) is 0 Å². The molecule has 0 aliphatic carbocycles. The van der Waals surface area contributed by atoms with Crippen molar-refractivity contribution in [3.05, 3.63) is 30.1 Å². The zero-order chi connectivity index (χ0) is 9.15. The van der Waals surface area contributed by atoms with E-state index in [9.17, 15) is 0 Å². The van der Waals surface area contributed by atoms with Gasteiger partial charge in [-0.25, -0.2) is 0 Å². The summed E-state index contributed by atoms with van der Waals surface area (Å²) < 4.78 is 5.56. The number of rotatable bonds is 2. The Hall–Kier alpha value is -0.930. The summed E-state index contributed by atoms with van der Waals surface area (Å²) in [6.45, 7) is 1.87. The average molecular weight is 178 g/mol. The molecule has 13 heavy (non-hydrogen) atoms. The predicted octanol–water partition coefficient (Wildman–Crippen LogP) is 0.917. The van der Waals surface area contributed by atoms with Crippen molar-refractivity contribution in [1.29, 1.82) is 0 Å². The van der Waals surface area contributed by atoms with Gasteiger partial charge in [0.1, 0.15) is 5.60 Å². The molecule has 1 unspecified atom stereocenters. The molecule has 0 radical (unpaired) electrons. The summed E-state index contributed by atoms with van der Waals surface area (Å²) in [5.41, 5.74) is 0.837. The van der Waals surface area contributed by atoms with Crippen molar-refractivity contribution in [3.8, 4) is 0 Å². The van der Waals surface area contributed by atoms with Crippen molar-refractivity contribution in [2.75, 3.05) is 20.2 Å². The summed E-state index contributed by atoms with van der Waals surface area (Å²) in [6.07, 6.45) is 2.81. The van der Waals surface area contributed by atoms with Crippen LogP contribution in [-0.2, 0) is 10.3 Å². The van der Waals surface area contributed by atoms with E-state index in [-0.39, 0.29) is 5.60 Å². The maximum Gasteiger partial charge on any atom is 0.123 e. The molecule has 1 aromatic heterocycles. The monoisotopic (exact) mass is 178 g/mol. The molecule has 3 heteroatoms. The van der Waals surface area contributed by atoms with E-state index < -0.39 is 0 Å². The molecule has 1 aromatic rings. The fourth-order valence-corrected chi connectivity index (χ4v) is 1.80. The molecule has 0 spiro atoms. The van der Waals surface area contributed by atoms with Crippen LogP contribution in [0.1, 0.15) is 12.1 Å². The first-order chi connectivity index (χ1) is 6.37. The van der Waals surface area contributed by atoms with Gasteiger partial charge in [0.05, 0.1) is 5.69 Å². The molecule has 3 nitrogen and oxygen atoms in total. The number of hydrogen-bond acceptors (Lipinski definition) is 3. The van der Waals surface area contributed by atoms with E-state index in [0.717, 1.165) is 25.2 Å². The number of nitrogens with one attached hydrogen (secondary N) is 1. The molecule has 0 aromatic carbocycles. The molecule has 0 saturated carbocycles. The lowest BCUT2D eigenvalue weighted by atomic mass is 9.98. The minimum atomic E-state index is -0.193. The van der Waals surface area contributed by atoms with Gasteiger partial charge < -0.3 is 10.1 Å². The van der Waals surface area contributed by atoms with E-state index in [1.54, 1.807) is 7.11 Å². The standard InChI is InChI=1S/C10H14N2O/c1-13-10(5-7-11-8-10)9-4-2-3-6-12-9/h2-4,6,11H,5,7-8H2,1H3. The molecule has 2 heterocycles. The maximum absolute atomic E-state index is 5.56. The van der Waals surface area contributed by atoms with Crippen molar-refractivity contribution in [1.82, 2.24) is 10.3 Å². The van der Waals surface area contributed by atoms with E-state index in [4.69, 9.17) is 4.74 Å². The molecule has 0 bridgehead atoms. The Labute approximate surface area is 78.1 Å². The average Bonchev–Trinajstić information content (AvgIpc) is 2.69. The van der Waals surface area contributed by atoms with Crippen molar-refractivity contribution in [3.63, 3.8) is 0 Å². The first-order valence-electron chi connectivity index (χ1n) is 4.55. The lowest BCUT2D eigenvalue weighted by Gasteiger charge is -2.25. The number of ether oxygens (including phenoxy) is 1. The van der Waals surface area contributed by atoms with Crippen LogP contribution in [0.4, 0.5) is 0 Å². The number of methoxy groups -OCH3 is 1. The van der Waals surface area contributed by atoms with Gasteiger partial charge >= 0.3 is 0 Å². The SMILES string of the molecule is COC1(c2ccccn2)CCNC1. The number of aromatic nitrogens is 1. The highest BCUT2D eigenvalue weighted by Crippen LogP contribution is 2.29. The topological polar surface area (TPSA) is 34.1 Å². The first kappa shape index (κ1) is 8.66. The Morgan fingerprint density at radius 2 is 2.46 bits per heavy atom. The second kappa shape index (κ2) is 3.44. The van der Waals surface area contributed by atoms with Crippen LogP contribution in [0.5, 0.6) is 0 Å². The van der Waals surface area contributed by atoms with Crippen LogP contribution in [0.25, 0.3) is 0 Å². The van der Waals surface area contributed by atoms with Gasteiger partial charge in [0.2, 0.25) is 0 Å². The number of pyridine rings is 1. The van der Waals surface area contributed by atoms with Crippen LogP contribution >= 0.6 is 0 Å². The lowest BCUT2D eigenvalue weighted by Crippen LogP contribution is -2.31. The zero-order valence-electron chi connectivity index (χ0n) is 7.79. The largest absolute Gasteiger partial charge is 0.371 e. The Kier molecular flexibility index (Phi) is 2.29. The summed E-state index contributed by atoms with van der Waals surface area (Å²) in [6, 6.07) is 5.95. The van der Waals surface area contributed by atoms with Gasteiger partial charge in [-0.05, 0) is 25.1 Å². The molecule has 70 valence electrons. The summed E-state index contributed by atoms with van der Waals surface area (Å²) in [7, 11) is 1.75. The Morgan fingerprint density at radius 1 is 1.54 bits per heavy atom. The number of nitrogens with zero attached hydrogens (tertiary/aromatic N) is 1. The van der Waals surface area contributed by atoms with Crippen LogP contribution in [0.3, 0.4) is 0 Å². The fourth-order valence-electron chi connectivity index (χ4n) is 1.80. The van der Waals surface area contributed by atoms with E-state index in [0.29, 0.717) is 0 Å². The lowest BCUT2D eigenvalue weighted by molar-refractivity contribution is -0.000407. The third-order valence-corrected chi connectivity index (χ3v) is 2.64. The van der Waals surface area contributed by atoms with Crippen molar-refractivity contribution >= 4 is 0 Å². The van der Waals surface area contributed by atoms with E-state index in [1.807, 2.05) is 24.4 Å². The molecule has 1 atom stereocenters. The van der Waals surface area contributed by atoms with Crippen molar-refractivity contribution < 1.29 is 4.74 Å². The van der Waals surface area contributed by atoms with E-state index in [1.165, 1.54) is 0 Å². The molecule has 1 fully saturated rings. The predicted molar refractivity (Wildman–Crippen MR) is 50.4 cm³/mol. The van der Waals surface area contributed by atoms with Gasteiger partial charge in [-0.2, -0.15) is 0 Å². The second-order valence-electron chi connectivity index (χ2n) is 3.34. The van der Waals surface area contributed by atoms with Gasteiger partial charge in [-0.15, -0.1) is 0 Å². The molecule has 1 aliphatic heterocycles. The van der Waals surface area contributed by atoms with Gasteiger partial charge in [0.25, 0.3) is 0 Å². The summed E-state index contributed by atoms with van der Waals surface area (Å²) in [5, 5.41) is 3.30. The van der Waals surface area contributed by atoms with Crippen molar-refractivity contribution in [2.24, 2.45) is 0 Å². The Morgan fingerprint density at radius 3 is 3.00 bits per heavy atom. The van der Waals surface area contributed by atoms with Gasteiger partial charge in [-0.3, -0.25) is 4.98 Å². The molecular formula is C10H14N2O. The minimum absolute atomic E-state index is 0.193. The third-order valence-electron chi connectivity index (χ3n) is 2.64. The van der Waals surface area contributed by atoms with Crippen LogP contribution in [0.15, 0.2) is 24.4 Å². The van der Waals surface area contributed by atoms with Crippen LogP contribution in [0, 0.1) is 0 Å². The molecule has 2 rings (SSSR count). The molecule has 1 saturated heterocycles.